The Labute approximate surface area is 157 Å². The van der Waals surface area contributed by atoms with Crippen molar-refractivity contribution < 1.29 is 14.3 Å². The largest absolute Gasteiger partial charge is 0.370 e. The van der Waals surface area contributed by atoms with E-state index in [1.54, 1.807) is 35.9 Å². The molecule has 26 heavy (non-hydrogen) atoms. The molecule has 2 unspecified atom stereocenters. The number of hydrogen-bond acceptors (Lipinski definition) is 6. The van der Waals surface area contributed by atoms with Crippen LogP contribution in [0.1, 0.15) is 40.3 Å². The quantitative estimate of drug-likeness (QED) is 0.825. The molecule has 7 heteroatoms. The van der Waals surface area contributed by atoms with E-state index >= 15 is 0 Å². The van der Waals surface area contributed by atoms with Crippen LogP contribution in [-0.2, 0) is 16.1 Å². The lowest BCUT2D eigenvalue weighted by Crippen LogP contribution is -2.50. The predicted molar refractivity (Wildman–Crippen MR) is 98.1 cm³/mol. The molecule has 0 aliphatic carbocycles. The highest BCUT2D eigenvalue weighted by Crippen LogP contribution is 2.36. The van der Waals surface area contributed by atoms with Crippen LogP contribution in [0.25, 0.3) is 0 Å². The first kappa shape index (κ1) is 17.6. The molecule has 0 aromatic carbocycles. The Morgan fingerprint density at radius 3 is 3.08 bits per heavy atom. The van der Waals surface area contributed by atoms with Gasteiger partial charge in [-0.05, 0) is 31.9 Å². The van der Waals surface area contributed by atoms with Crippen LogP contribution in [0, 0.1) is 6.92 Å². The number of ether oxygens (including phenoxy) is 2. The lowest BCUT2D eigenvalue weighted by Gasteiger charge is -2.39. The van der Waals surface area contributed by atoms with E-state index in [-0.39, 0.29) is 17.6 Å². The smallest absolute Gasteiger partial charge is 0.254 e. The zero-order chi connectivity index (χ0) is 18.0. The number of likely N-dealkylation sites (tertiary alicyclic amines) is 1. The number of amides is 1. The zero-order valence-electron chi connectivity index (χ0n) is 14.9. The van der Waals surface area contributed by atoms with Crippen LogP contribution in [0.15, 0.2) is 29.9 Å². The highest BCUT2D eigenvalue weighted by Gasteiger charge is 2.45. The van der Waals surface area contributed by atoms with Gasteiger partial charge in [0.05, 0.1) is 42.2 Å². The van der Waals surface area contributed by atoms with Crippen LogP contribution in [0.4, 0.5) is 0 Å². The molecule has 0 saturated carbocycles. The molecule has 2 aliphatic heterocycles. The fourth-order valence-electron chi connectivity index (χ4n) is 3.82. The fourth-order valence-corrected chi connectivity index (χ4v) is 4.42. The number of nitrogens with zero attached hydrogens (tertiary/aromatic N) is 3. The maximum Gasteiger partial charge on any atom is 0.254 e. The van der Waals surface area contributed by atoms with Crippen molar-refractivity contribution in [1.29, 1.82) is 0 Å². The van der Waals surface area contributed by atoms with Crippen LogP contribution < -0.4 is 0 Å². The first-order chi connectivity index (χ1) is 12.6. The predicted octanol–water partition coefficient (Wildman–Crippen LogP) is 2.83. The zero-order valence-corrected chi connectivity index (χ0v) is 15.7. The lowest BCUT2D eigenvalue weighted by molar-refractivity contribution is -0.0466. The summed E-state index contributed by atoms with van der Waals surface area (Å²) in [6.07, 6.45) is 6.13. The number of aryl methyl sites for hydroxylation is 1. The van der Waals surface area contributed by atoms with E-state index in [0.717, 1.165) is 36.5 Å². The van der Waals surface area contributed by atoms with Gasteiger partial charge in [-0.2, -0.15) is 0 Å². The second-order valence-corrected chi connectivity index (χ2v) is 8.12. The number of carbonyl (C=O) groups is 1. The number of carbonyl (C=O) groups excluding carboxylic acids is 1. The van der Waals surface area contributed by atoms with Crippen molar-refractivity contribution in [3.8, 4) is 0 Å². The van der Waals surface area contributed by atoms with Crippen LogP contribution in [0.2, 0.25) is 0 Å². The highest BCUT2D eigenvalue weighted by molar-refractivity contribution is 7.09. The van der Waals surface area contributed by atoms with Gasteiger partial charge in [0.25, 0.3) is 5.91 Å². The first-order valence-corrected chi connectivity index (χ1v) is 9.87. The van der Waals surface area contributed by atoms with Crippen LogP contribution in [0.5, 0.6) is 0 Å². The second kappa shape index (κ2) is 7.42. The Morgan fingerprint density at radius 2 is 2.31 bits per heavy atom. The number of hydrogen-bond donors (Lipinski definition) is 0. The second-order valence-electron chi connectivity index (χ2n) is 7.06. The number of rotatable bonds is 4. The highest BCUT2D eigenvalue weighted by atomic mass is 32.1. The van der Waals surface area contributed by atoms with Crippen molar-refractivity contribution in [2.24, 2.45) is 0 Å². The standard InChI is InChI=1S/C19H23N3O3S/c1-14-21-16(12-26-14)10-24-17-9-19(25-11-17)5-2-8-22(13-19)18(23)15-3-6-20-7-4-15/h3-4,6-7,12,17H,2,5,8-11,13H2,1H3. The van der Waals surface area contributed by atoms with Crippen molar-refractivity contribution >= 4 is 17.2 Å². The van der Waals surface area contributed by atoms with Gasteiger partial charge in [-0.15, -0.1) is 11.3 Å². The van der Waals surface area contributed by atoms with Gasteiger partial charge in [-0.25, -0.2) is 4.98 Å². The number of thiazole rings is 1. The fraction of sp³-hybridized carbons (Fsp3) is 0.526. The lowest BCUT2D eigenvalue weighted by atomic mass is 9.89. The molecule has 2 saturated heterocycles. The van der Waals surface area contributed by atoms with Crippen molar-refractivity contribution in [3.05, 3.63) is 46.2 Å². The van der Waals surface area contributed by atoms with Crippen LogP contribution in [0.3, 0.4) is 0 Å². The molecular weight excluding hydrogens is 350 g/mol. The van der Waals surface area contributed by atoms with E-state index in [1.165, 1.54) is 0 Å². The Bertz CT molecular complexity index is 766. The molecule has 2 aromatic heterocycles. The summed E-state index contributed by atoms with van der Waals surface area (Å²) in [5.41, 5.74) is 1.39. The maximum absolute atomic E-state index is 12.7. The van der Waals surface area contributed by atoms with Gasteiger partial charge >= 0.3 is 0 Å². The molecule has 2 aromatic rings. The van der Waals surface area contributed by atoms with Gasteiger partial charge in [-0.1, -0.05) is 0 Å². The molecule has 2 atom stereocenters. The van der Waals surface area contributed by atoms with Gasteiger partial charge in [0.2, 0.25) is 0 Å². The third-order valence-corrected chi connectivity index (χ3v) is 5.88. The summed E-state index contributed by atoms with van der Waals surface area (Å²) >= 11 is 1.64. The average molecular weight is 373 g/mol. The molecule has 0 bridgehead atoms. The van der Waals surface area contributed by atoms with Crippen molar-refractivity contribution in [1.82, 2.24) is 14.9 Å². The molecule has 4 heterocycles. The van der Waals surface area contributed by atoms with E-state index in [4.69, 9.17) is 9.47 Å². The van der Waals surface area contributed by atoms with Gasteiger partial charge in [-0.3, -0.25) is 9.78 Å². The molecule has 4 rings (SSSR count). The summed E-state index contributed by atoms with van der Waals surface area (Å²) in [6.45, 7) is 4.51. The third-order valence-electron chi connectivity index (χ3n) is 5.06. The van der Waals surface area contributed by atoms with Gasteiger partial charge in [0.15, 0.2) is 0 Å². The Kier molecular flexibility index (Phi) is 5.02. The summed E-state index contributed by atoms with van der Waals surface area (Å²) in [4.78, 5) is 23.1. The Morgan fingerprint density at radius 1 is 1.46 bits per heavy atom. The Hall–Kier alpha value is -1.83. The summed E-state index contributed by atoms with van der Waals surface area (Å²) in [6, 6.07) is 3.53. The summed E-state index contributed by atoms with van der Waals surface area (Å²) < 4.78 is 12.2. The topological polar surface area (TPSA) is 64.6 Å². The minimum Gasteiger partial charge on any atom is -0.370 e. The van der Waals surface area contributed by atoms with Crippen LogP contribution >= 0.6 is 11.3 Å². The van der Waals surface area contributed by atoms with Crippen LogP contribution in [-0.4, -0.2) is 52.2 Å². The van der Waals surface area contributed by atoms with E-state index in [9.17, 15) is 4.79 Å². The molecule has 138 valence electrons. The van der Waals surface area contributed by atoms with Crippen molar-refractivity contribution in [3.63, 3.8) is 0 Å². The van der Waals surface area contributed by atoms with E-state index in [2.05, 4.69) is 9.97 Å². The van der Waals surface area contributed by atoms with Gasteiger partial charge < -0.3 is 14.4 Å². The van der Waals surface area contributed by atoms with E-state index in [1.807, 2.05) is 17.2 Å². The average Bonchev–Trinajstić information content (AvgIpc) is 3.26. The monoisotopic (exact) mass is 373 g/mol. The SMILES string of the molecule is Cc1nc(COC2COC3(CCCN(C(=O)c4ccncc4)C3)C2)cs1. The molecule has 0 radical (unpaired) electrons. The Balaban J connectivity index is 1.35. The van der Waals surface area contributed by atoms with Gasteiger partial charge in [0, 0.05) is 36.3 Å². The molecule has 1 spiro atoms. The number of piperidine rings is 1. The molecule has 0 N–H and O–H groups in total. The maximum atomic E-state index is 12.7. The van der Waals surface area contributed by atoms with Crippen molar-refractivity contribution in [2.45, 2.75) is 44.5 Å². The van der Waals surface area contributed by atoms with Crippen molar-refractivity contribution in [2.75, 3.05) is 19.7 Å². The summed E-state index contributed by atoms with van der Waals surface area (Å²) in [5, 5.41) is 3.09. The minimum atomic E-state index is -0.274. The molecule has 6 nitrogen and oxygen atoms in total. The first-order valence-electron chi connectivity index (χ1n) is 8.99. The normalized spacial score (nSPS) is 25.7. The number of pyridine rings is 1. The van der Waals surface area contributed by atoms with E-state index in [0.29, 0.717) is 25.3 Å². The van der Waals surface area contributed by atoms with Gasteiger partial charge in [0.1, 0.15) is 0 Å². The summed E-state index contributed by atoms with van der Waals surface area (Å²) in [5.74, 6) is 0.0531. The third kappa shape index (κ3) is 3.79. The number of aromatic nitrogens is 2. The molecule has 1 amide bonds. The minimum absolute atomic E-state index is 0.0531. The molecule has 2 aliphatic rings. The summed E-state index contributed by atoms with van der Waals surface area (Å²) in [7, 11) is 0. The molecular formula is C19H23N3O3S. The molecule has 2 fully saturated rings. The van der Waals surface area contributed by atoms with E-state index < -0.39 is 0 Å².